The van der Waals surface area contributed by atoms with Gasteiger partial charge in [-0.25, -0.2) is 0 Å². The minimum absolute atomic E-state index is 0.492. The van der Waals surface area contributed by atoms with Crippen molar-refractivity contribution < 1.29 is 0 Å². The van der Waals surface area contributed by atoms with Crippen molar-refractivity contribution in [1.82, 2.24) is 4.90 Å². The summed E-state index contributed by atoms with van der Waals surface area (Å²) >= 11 is 0. The maximum absolute atomic E-state index is 6.13. The van der Waals surface area contributed by atoms with Crippen LogP contribution in [-0.4, -0.2) is 30.6 Å². The van der Waals surface area contributed by atoms with Crippen molar-refractivity contribution in [2.45, 2.75) is 65.3 Å². The van der Waals surface area contributed by atoms with E-state index in [1.807, 2.05) is 0 Å². The third-order valence-electron chi connectivity index (χ3n) is 5.16. The van der Waals surface area contributed by atoms with E-state index >= 15 is 0 Å². The second kappa shape index (κ2) is 5.92. The van der Waals surface area contributed by atoms with Gasteiger partial charge in [0, 0.05) is 19.1 Å². The molecule has 1 saturated heterocycles. The Balaban J connectivity index is 1.98. The Labute approximate surface area is 113 Å². The van der Waals surface area contributed by atoms with Gasteiger partial charge in [0.05, 0.1) is 0 Å². The Morgan fingerprint density at radius 1 is 1.28 bits per heavy atom. The SMILES string of the molecule is CC1CCCC(C(CN)N2CCCC(C)(C)C2)C1. The van der Waals surface area contributed by atoms with Crippen LogP contribution in [0.5, 0.6) is 0 Å². The Bertz CT molecular complexity index is 262. The lowest BCUT2D eigenvalue weighted by molar-refractivity contribution is 0.0398. The fraction of sp³-hybridized carbons (Fsp3) is 1.00. The van der Waals surface area contributed by atoms with Crippen molar-refractivity contribution in [3.8, 4) is 0 Å². The Morgan fingerprint density at radius 2 is 2.06 bits per heavy atom. The summed E-state index contributed by atoms with van der Waals surface area (Å²) in [4.78, 5) is 2.71. The molecule has 1 aliphatic heterocycles. The van der Waals surface area contributed by atoms with E-state index in [0.717, 1.165) is 18.4 Å². The molecule has 0 aromatic carbocycles. The molecule has 0 amide bonds. The predicted molar refractivity (Wildman–Crippen MR) is 78.6 cm³/mol. The molecule has 0 aromatic heterocycles. The fourth-order valence-corrected chi connectivity index (χ4v) is 4.22. The normalized spacial score (nSPS) is 35.3. The highest BCUT2D eigenvalue weighted by molar-refractivity contribution is 4.89. The van der Waals surface area contributed by atoms with E-state index in [-0.39, 0.29) is 0 Å². The molecule has 2 nitrogen and oxygen atoms in total. The molecule has 2 N–H and O–H groups in total. The molecule has 1 heterocycles. The smallest absolute Gasteiger partial charge is 0.0246 e. The molecule has 2 rings (SSSR count). The first-order valence-electron chi connectivity index (χ1n) is 7.96. The molecular weight excluding hydrogens is 220 g/mol. The molecule has 2 fully saturated rings. The van der Waals surface area contributed by atoms with Gasteiger partial charge < -0.3 is 5.73 Å². The lowest BCUT2D eigenvalue weighted by Gasteiger charge is -2.46. The van der Waals surface area contributed by atoms with Crippen LogP contribution in [0.15, 0.2) is 0 Å². The van der Waals surface area contributed by atoms with E-state index in [9.17, 15) is 0 Å². The lowest BCUT2D eigenvalue weighted by atomic mass is 9.76. The second-order valence-corrected chi connectivity index (χ2v) is 7.57. The maximum Gasteiger partial charge on any atom is 0.0246 e. The molecule has 0 aromatic rings. The summed E-state index contributed by atoms with van der Waals surface area (Å²) in [5.41, 5.74) is 6.62. The van der Waals surface area contributed by atoms with Gasteiger partial charge in [0.2, 0.25) is 0 Å². The van der Waals surface area contributed by atoms with Gasteiger partial charge in [0.25, 0.3) is 0 Å². The third-order valence-corrected chi connectivity index (χ3v) is 5.16. The van der Waals surface area contributed by atoms with Crippen LogP contribution in [0.25, 0.3) is 0 Å². The van der Waals surface area contributed by atoms with Crippen LogP contribution in [0, 0.1) is 17.3 Å². The summed E-state index contributed by atoms with van der Waals surface area (Å²) in [5.74, 6) is 1.77. The molecule has 3 unspecified atom stereocenters. The Hall–Kier alpha value is -0.0800. The third kappa shape index (κ3) is 3.48. The van der Waals surface area contributed by atoms with Crippen molar-refractivity contribution >= 4 is 0 Å². The van der Waals surface area contributed by atoms with Crippen molar-refractivity contribution in [2.24, 2.45) is 23.0 Å². The standard InChI is InChI=1S/C16H32N2/c1-13-6-4-7-14(10-13)15(11-17)18-9-5-8-16(2,3)12-18/h13-15H,4-12,17H2,1-3H3. The molecule has 0 bridgehead atoms. The van der Waals surface area contributed by atoms with Crippen LogP contribution in [0.2, 0.25) is 0 Å². The van der Waals surface area contributed by atoms with Crippen molar-refractivity contribution in [3.63, 3.8) is 0 Å². The van der Waals surface area contributed by atoms with E-state index in [0.29, 0.717) is 11.5 Å². The number of nitrogens with zero attached hydrogens (tertiary/aromatic N) is 1. The molecule has 18 heavy (non-hydrogen) atoms. The highest BCUT2D eigenvalue weighted by Crippen LogP contribution is 2.36. The predicted octanol–water partition coefficient (Wildman–Crippen LogP) is 3.26. The summed E-state index contributed by atoms with van der Waals surface area (Å²) in [7, 11) is 0. The zero-order chi connectivity index (χ0) is 13.2. The van der Waals surface area contributed by atoms with Crippen molar-refractivity contribution in [1.29, 1.82) is 0 Å². The van der Waals surface area contributed by atoms with Crippen LogP contribution in [0.3, 0.4) is 0 Å². The van der Waals surface area contributed by atoms with Gasteiger partial charge in [-0.05, 0) is 49.5 Å². The average Bonchev–Trinajstić information content (AvgIpc) is 2.29. The molecular formula is C16H32N2. The van der Waals surface area contributed by atoms with Gasteiger partial charge in [-0.1, -0.05) is 33.6 Å². The number of nitrogens with two attached hydrogens (primary N) is 1. The average molecular weight is 252 g/mol. The molecule has 0 radical (unpaired) electrons. The number of likely N-dealkylation sites (tertiary alicyclic amines) is 1. The fourth-order valence-electron chi connectivity index (χ4n) is 4.22. The highest BCUT2D eigenvalue weighted by atomic mass is 15.2. The first kappa shape index (κ1) is 14.3. The summed E-state index contributed by atoms with van der Waals surface area (Å²) < 4.78 is 0. The largest absolute Gasteiger partial charge is 0.329 e. The quantitative estimate of drug-likeness (QED) is 0.835. The first-order chi connectivity index (χ1) is 8.52. The lowest BCUT2D eigenvalue weighted by Crippen LogP contribution is -2.52. The number of piperidine rings is 1. The van der Waals surface area contributed by atoms with E-state index in [2.05, 4.69) is 25.7 Å². The van der Waals surface area contributed by atoms with Crippen molar-refractivity contribution in [3.05, 3.63) is 0 Å². The molecule has 2 aliphatic rings. The van der Waals surface area contributed by atoms with Crippen molar-refractivity contribution in [2.75, 3.05) is 19.6 Å². The maximum atomic E-state index is 6.13. The summed E-state index contributed by atoms with van der Waals surface area (Å²) in [5, 5.41) is 0. The number of rotatable bonds is 3. The van der Waals surface area contributed by atoms with Gasteiger partial charge >= 0.3 is 0 Å². The van der Waals surface area contributed by atoms with E-state index in [4.69, 9.17) is 5.73 Å². The second-order valence-electron chi connectivity index (χ2n) is 7.57. The van der Waals surface area contributed by atoms with Crippen LogP contribution in [0.1, 0.15) is 59.3 Å². The van der Waals surface area contributed by atoms with Gasteiger partial charge in [-0.15, -0.1) is 0 Å². The monoisotopic (exact) mass is 252 g/mol. The molecule has 0 spiro atoms. The zero-order valence-corrected chi connectivity index (χ0v) is 12.6. The number of hydrogen-bond acceptors (Lipinski definition) is 2. The van der Waals surface area contributed by atoms with E-state index < -0.39 is 0 Å². The van der Waals surface area contributed by atoms with Crippen LogP contribution >= 0.6 is 0 Å². The van der Waals surface area contributed by atoms with Crippen LogP contribution < -0.4 is 5.73 Å². The molecule has 106 valence electrons. The number of hydrogen-bond donors (Lipinski definition) is 1. The summed E-state index contributed by atoms with van der Waals surface area (Å²) in [6.45, 7) is 10.6. The topological polar surface area (TPSA) is 29.3 Å². The Kier molecular flexibility index (Phi) is 4.71. The molecule has 1 aliphatic carbocycles. The van der Waals surface area contributed by atoms with Gasteiger partial charge in [0.1, 0.15) is 0 Å². The Morgan fingerprint density at radius 3 is 2.67 bits per heavy atom. The molecule has 3 atom stereocenters. The van der Waals surface area contributed by atoms with Gasteiger partial charge in [-0.2, -0.15) is 0 Å². The molecule has 1 saturated carbocycles. The first-order valence-corrected chi connectivity index (χ1v) is 7.96. The summed E-state index contributed by atoms with van der Waals surface area (Å²) in [6, 6.07) is 0.646. The van der Waals surface area contributed by atoms with E-state index in [1.165, 1.54) is 51.6 Å². The van der Waals surface area contributed by atoms with Gasteiger partial charge in [-0.3, -0.25) is 4.90 Å². The van der Waals surface area contributed by atoms with Crippen LogP contribution in [0.4, 0.5) is 0 Å². The minimum atomic E-state index is 0.492. The van der Waals surface area contributed by atoms with Gasteiger partial charge in [0.15, 0.2) is 0 Å². The van der Waals surface area contributed by atoms with E-state index in [1.54, 1.807) is 0 Å². The molecule has 2 heteroatoms. The van der Waals surface area contributed by atoms with Crippen LogP contribution in [-0.2, 0) is 0 Å². The zero-order valence-electron chi connectivity index (χ0n) is 12.6. The summed E-state index contributed by atoms with van der Waals surface area (Å²) in [6.07, 6.45) is 8.38. The minimum Gasteiger partial charge on any atom is -0.329 e. The highest BCUT2D eigenvalue weighted by Gasteiger charge is 2.34.